The van der Waals surface area contributed by atoms with Crippen LogP contribution in [0.3, 0.4) is 0 Å². The SMILES string of the molecule is Cc1[nH]ncc1CNc1cccc(-n2ccnc2)c1. The predicted octanol–water partition coefficient (Wildman–Crippen LogP) is 2.52. The summed E-state index contributed by atoms with van der Waals surface area (Å²) in [7, 11) is 0. The van der Waals surface area contributed by atoms with Gasteiger partial charge in [-0.3, -0.25) is 5.10 Å². The maximum absolute atomic E-state index is 4.06. The number of imidazole rings is 1. The van der Waals surface area contributed by atoms with Crippen molar-refractivity contribution in [1.29, 1.82) is 0 Å². The molecule has 3 aromatic rings. The standard InChI is InChI=1S/C14H15N5/c1-11-12(9-17-18-11)8-16-13-3-2-4-14(7-13)19-6-5-15-10-19/h2-7,9-10,16H,8H2,1H3,(H,17,18). The van der Waals surface area contributed by atoms with Crippen LogP contribution in [0.2, 0.25) is 0 Å². The summed E-state index contributed by atoms with van der Waals surface area (Å²) in [6, 6.07) is 8.22. The molecule has 2 heterocycles. The molecule has 0 radical (unpaired) electrons. The van der Waals surface area contributed by atoms with Crippen LogP contribution in [-0.4, -0.2) is 19.7 Å². The minimum absolute atomic E-state index is 0.760. The minimum atomic E-state index is 0.760. The highest BCUT2D eigenvalue weighted by molar-refractivity contribution is 5.51. The molecule has 5 nitrogen and oxygen atoms in total. The summed E-state index contributed by atoms with van der Waals surface area (Å²) < 4.78 is 1.98. The minimum Gasteiger partial charge on any atom is -0.381 e. The molecular formula is C14H15N5. The maximum atomic E-state index is 4.06. The number of hydrogen-bond donors (Lipinski definition) is 2. The first-order valence-electron chi connectivity index (χ1n) is 6.14. The third kappa shape index (κ3) is 2.49. The molecule has 0 atom stereocenters. The molecule has 3 rings (SSSR count). The van der Waals surface area contributed by atoms with Crippen LogP contribution in [-0.2, 0) is 6.54 Å². The van der Waals surface area contributed by atoms with Crippen LogP contribution in [0.15, 0.2) is 49.2 Å². The fraction of sp³-hybridized carbons (Fsp3) is 0.143. The van der Waals surface area contributed by atoms with Gasteiger partial charge in [-0.1, -0.05) is 6.07 Å². The molecule has 0 aliphatic carbocycles. The topological polar surface area (TPSA) is 58.5 Å². The van der Waals surface area contributed by atoms with Crippen LogP contribution in [0.4, 0.5) is 5.69 Å². The van der Waals surface area contributed by atoms with Crippen molar-refractivity contribution in [3.63, 3.8) is 0 Å². The summed E-state index contributed by atoms with van der Waals surface area (Å²) >= 11 is 0. The maximum Gasteiger partial charge on any atom is 0.0991 e. The van der Waals surface area contributed by atoms with Crippen molar-refractivity contribution in [3.05, 3.63) is 60.4 Å². The van der Waals surface area contributed by atoms with Crippen LogP contribution in [0.5, 0.6) is 0 Å². The molecule has 0 aliphatic heterocycles. The average molecular weight is 253 g/mol. The summed E-state index contributed by atoms with van der Waals surface area (Å²) in [6.07, 6.45) is 7.34. The van der Waals surface area contributed by atoms with E-state index in [9.17, 15) is 0 Å². The molecule has 5 heteroatoms. The molecule has 2 N–H and O–H groups in total. The van der Waals surface area contributed by atoms with E-state index in [0.717, 1.165) is 23.6 Å². The Bertz CT molecular complexity index is 654. The second kappa shape index (κ2) is 4.97. The van der Waals surface area contributed by atoms with E-state index in [-0.39, 0.29) is 0 Å². The summed E-state index contributed by atoms with van der Waals surface area (Å²) in [5.74, 6) is 0. The van der Waals surface area contributed by atoms with Gasteiger partial charge in [0.2, 0.25) is 0 Å². The highest BCUT2D eigenvalue weighted by atomic mass is 15.1. The number of aromatic amines is 1. The summed E-state index contributed by atoms with van der Waals surface area (Å²) in [6.45, 7) is 2.78. The second-order valence-corrected chi connectivity index (χ2v) is 4.39. The van der Waals surface area contributed by atoms with Gasteiger partial charge >= 0.3 is 0 Å². The van der Waals surface area contributed by atoms with Gasteiger partial charge < -0.3 is 9.88 Å². The van der Waals surface area contributed by atoms with E-state index < -0.39 is 0 Å². The quantitative estimate of drug-likeness (QED) is 0.751. The second-order valence-electron chi connectivity index (χ2n) is 4.39. The molecule has 19 heavy (non-hydrogen) atoms. The van der Waals surface area contributed by atoms with Gasteiger partial charge in [-0.05, 0) is 25.1 Å². The Labute approximate surface area is 111 Å². The molecule has 0 aliphatic rings. The van der Waals surface area contributed by atoms with Gasteiger partial charge in [0.05, 0.1) is 12.5 Å². The van der Waals surface area contributed by atoms with Crippen molar-refractivity contribution in [3.8, 4) is 5.69 Å². The number of hydrogen-bond acceptors (Lipinski definition) is 3. The first-order chi connectivity index (χ1) is 9.33. The Morgan fingerprint density at radius 2 is 2.32 bits per heavy atom. The average Bonchev–Trinajstić information content (AvgIpc) is 3.08. The molecule has 0 amide bonds. The van der Waals surface area contributed by atoms with E-state index in [1.807, 2.05) is 30.0 Å². The smallest absolute Gasteiger partial charge is 0.0991 e. The fourth-order valence-corrected chi connectivity index (χ4v) is 1.94. The third-order valence-corrected chi connectivity index (χ3v) is 3.07. The van der Waals surface area contributed by atoms with Crippen molar-refractivity contribution >= 4 is 5.69 Å². The van der Waals surface area contributed by atoms with Crippen molar-refractivity contribution < 1.29 is 0 Å². The Hall–Kier alpha value is -2.56. The summed E-state index contributed by atoms with van der Waals surface area (Å²) in [4.78, 5) is 4.06. The molecule has 0 bridgehead atoms. The number of rotatable bonds is 4. The molecule has 1 aromatic carbocycles. The molecule has 0 saturated heterocycles. The van der Waals surface area contributed by atoms with Crippen LogP contribution >= 0.6 is 0 Å². The van der Waals surface area contributed by atoms with E-state index in [1.165, 1.54) is 5.56 Å². The molecule has 2 aromatic heterocycles. The largest absolute Gasteiger partial charge is 0.381 e. The first-order valence-corrected chi connectivity index (χ1v) is 6.14. The predicted molar refractivity (Wildman–Crippen MR) is 74.2 cm³/mol. The number of anilines is 1. The first kappa shape index (κ1) is 11.5. The van der Waals surface area contributed by atoms with Gasteiger partial charge in [-0.15, -0.1) is 0 Å². The van der Waals surface area contributed by atoms with E-state index in [1.54, 1.807) is 12.5 Å². The van der Waals surface area contributed by atoms with Gasteiger partial charge in [0.1, 0.15) is 0 Å². The molecule has 96 valence electrons. The van der Waals surface area contributed by atoms with Crippen molar-refractivity contribution in [2.75, 3.05) is 5.32 Å². The fourth-order valence-electron chi connectivity index (χ4n) is 1.94. The lowest BCUT2D eigenvalue weighted by Crippen LogP contribution is -2.00. The number of nitrogens with one attached hydrogen (secondary N) is 2. The zero-order valence-corrected chi connectivity index (χ0v) is 10.7. The van der Waals surface area contributed by atoms with Gasteiger partial charge in [0.25, 0.3) is 0 Å². The lowest BCUT2D eigenvalue weighted by molar-refractivity contribution is 1.04. The third-order valence-electron chi connectivity index (χ3n) is 3.07. The summed E-state index contributed by atoms with van der Waals surface area (Å²) in [5.41, 5.74) is 4.43. The molecule has 0 fully saturated rings. The highest BCUT2D eigenvalue weighted by Gasteiger charge is 2.01. The van der Waals surface area contributed by atoms with Gasteiger partial charge in [-0.2, -0.15) is 5.10 Å². The number of H-pyrrole nitrogens is 1. The highest BCUT2D eigenvalue weighted by Crippen LogP contribution is 2.15. The Kier molecular flexibility index (Phi) is 3.02. The molecule has 0 saturated carbocycles. The monoisotopic (exact) mass is 253 g/mol. The number of benzene rings is 1. The molecular weight excluding hydrogens is 238 g/mol. The lowest BCUT2D eigenvalue weighted by atomic mass is 10.2. The normalized spacial score (nSPS) is 10.6. The van der Waals surface area contributed by atoms with Crippen LogP contribution < -0.4 is 5.32 Å². The van der Waals surface area contributed by atoms with Crippen LogP contribution in [0, 0.1) is 6.92 Å². The molecule has 0 unspecified atom stereocenters. The Balaban J connectivity index is 1.75. The zero-order valence-electron chi connectivity index (χ0n) is 10.7. The number of nitrogens with zero attached hydrogens (tertiary/aromatic N) is 3. The van der Waals surface area contributed by atoms with Crippen LogP contribution in [0.1, 0.15) is 11.3 Å². The van der Waals surface area contributed by atoms with Gasteiger partial charge in [-0.25, -0.2) is 4.98 Å². The summed E-state index contributed by atoms with van der Waals surface area (Å²) in [5, 5.41) is 10.3. The van der Waals surface area contributed by atoms with Crippen molar-refractivity contribution in [2.24, 2.45) is 0 Å². The number of aryl methyl sites for hydroxylation is 1. The zero-order chi connectivity index (χ0) is 13.1. The van der Waals surface area contributed by atoms with E-state index in [4.69, 9.17) is 0 Å². The Morgan fingerprint density at radius 1 is 1.37 bits per heavy atom. The lowest BCUT2D eigenvalue weighted by Gasteiger charge is -2.08. The Morgan fingerprint density at radius 3 is 3.05 bits per heavy atom. The van der Waals surface area contributed by atoms with Crippen LogP contribution in [0.25, 0.3) is 5.69 Å². The van der Waals surface area contributed by atoms with Gasteiger partial charge in [0.15, 0.2) is 0 Å². The van der Waals surface area contributed by atoms with Gasteiger partial charge in [0, 0.05) is 41.6 Å². The van der Waals surface area contributed by atoms with Crippen molar-refractivity contribution in [1.82, 2.24) is 19.7 Å². The van der Waals surface area contributed by atoms with E-state index in [0.29, 0.717) is 0 Å². The molecule has 0 spiro atoms. The van der Waals surface area contributed by atoms with E-state index >= 15 is 0 Å². The number of aromatic nitrogens is 4. The van der Waals surface area contributed by atoms with E-state index in [2.05, 4.69) is 38.7 Å². The van der Waals surface area contributed by atoms with Crippen molar-refractivity contribution in [2.45, 2.75) is 13.5 Å².